The van der Waals surface area contributed by atoms with Gasteiger partial charge in [0, 0.05) is 37.7 Å². The van der Waals surface area contributed by atoms with E-state index in [4.69, 9.17) is 25.6 Å². The van der Waals surface area contributed by atoms with Crippen LogP contribution in [0.5, 0.6) is 5.75 Å². The van der Waals surface area contributed by atoms with Gasteiger partial charge in [0.15, 0.2) is 5.76 Å². The molecule has 0 N–H and O–H groups in total. The number of halogens is 1. The van der Waals surface area contributed by atoms with E-state index in [0.717, 1.165) is 16.9 Å². The highest BCUT2D eigenvalue weighted by atomic mass is 35.5. The Morgan fingerprint density at radius 1 is 1.09 bits per heavy atom. The lowest BCUT2D eigenvalue weighted by molar-refractivity contribution is 0.00763. The number of hydrogen-bond donors (Lipinski definition) is 0. The fourth-order valence-corrected chi connectivity index (χ4v) is 6.20. The van der Waals surface area contributed by atoms with Gasteiger partial charge >= 0.3 is 0 Å². The SMILES string of the molecule is COc1cccc([C@@H](CN2CCN(S(=O)(=O)c3c(C)noc3C)CC2)OCc2cccc(Cl)c2)c1. The fraction of sp³-hybridized carbons (Fsp3) is 0.400. The molecule has 1 saturated heterocycles. The van der Waals surface area contributed by atoms with E-state index in [1.165, 1.54) is 4.31 Å². The summed E-state index contributed by atoms with van der Waals surface area (Å²) in [5.41, 5.74) is 2.37. The molecule has 2 aromatic carbocycles. The van der Waals surface area contributed by atoms with E-state index < -0.39 is 10.0 Å². The lowest BCUT2D eigenvalue weighted by Gasteiger charge is -2.35. The summed E-state index contributed by atoms with van der Waals surface area (Å²) in [6, 6.07) is 15.4. The van der Waals surface area contributed by atoms with Crippen LogP contribution in [-0.4, -0.2) is 62.6 Å². The molecular formula is C25H30ClN3O5S. The Kier molecular flexibility index (Phi) is 8.13. The quantitative estimate of drug-likeness (QED) is 0.418. The normalized spacial score (nSPS) is 16.3. The molecule has 1 atom stereocenters. The van der Waals surface area contributed by atoms with Crippen LogP contribution in [0.3, 0.4) is 0 Å². The van der Waals surface area contributed by atoms with E-state index in [1.807, 2.05) is 48.5 Å². The molecule has 0 aliphatic carbocycles. The fourth-order valence-electron chi connectivity index (χ4n) is 4.28. The zero-order valence-electron chi connectivity index (χ0n) is 20.1. The Morgan fingerprint density at radius 3 is 2.49 bits per heavy atom. The van der Waals surface area contributed by atoms with Crippen LogP contribution in [0.2, 0.25) is 5.02 Å². The molecule has 1 fully saturated rings. The van der Waals surface area contributed by atoms with Gasteiger partial charge in [-0.05, 0) is 49.2 Å². The summed E-state index contributed by atoms with van der Waals surface area (Å²) in [5.74, 6) is 1.08. The number of nitrogens with zero attached hydrogens (tertiary/aromatic N) is 3. The minimum absolute atomic E-state index is 0.171. The molecule has 0 saturated carbocycles. The van der Waals surface area contributed by atoms with Crippen molar-refractivity contribution in [2.45, 2.75) is 31.5 Å². The van der Waals surface area contributed by atoms with Gasteiger partial charge in [-0.25, -0.2) is 8.42 Å². The average Bonchev–Trinajstić information content (AvgIpc) is 3.20. The minimum Gasteiger partial charge on any atom is -0.497 e. The summed E-state index contributed by atoms with van der Waals surface area (Å²) in [4.78, 5) is 2.40. The van der Waals surface area contributed by atoms with Crippen molar-refractivity contribution in [2.75, 3.05) is 39.8 Å². The molecule has 1 aromatic heterocycles. The van der Waals surface area contributed by atoms with Gasteiger partial charge in [0.05, 0.1) is 19.8 Å². The average molecular weight is 520 g/mol. The van der Waals surface area contributed by atoms with Crippen molar-refractivity contribution in [1.29, 1.82) is 0 Å². The lowest BCUT2D eigenvalue weighted by atomic mass is 10.1. The standard InChI is InChI=1S/C25H30ClN3O5S/c1-18-25(19(2)34-27-18)35(30,31)29-12-10-28(11-13-29)16-24(21-7-5-9-23(15-21)32-3)33-17-20-6-4-8-22(26)14-20/h4-9,14-15,24H,10-13,16-17H2,1-3H3/t24-/m1/s1. The molecule has 35 heavy (non-hydrogen) atoms. The Balaban J connectivity index is 1.45. The number of sulfonamides is 1. The Hall–Kier alpha value is -2.43. The highest BCUT2D eigenvalue weighted by Gasteiger charge is 2.33. The molecule has 188 valence electrons. The van der Waals surface area contributed by atoms with Crippen molar-refractivity contribution in [3.8, 4) is 5.75 Å². The van der Waals surface area contributed by atoms with Gasteiger partial charge in [0.2, 0.25) is 10.0 Å². The number of rotatable bonds is 9. The Labute approximate surface area is 211 Å². The molecule has 10 heteroatoms. The molecule has 0 unspecified atom stereocenters. The summed E-state index contributed by atoms with van der Waals surface area (Å²) >= 11 is 6.14. The predicted molar refractivity (Wildman–Crippen MR) is 133 cm³/mol. The van der Waals surface area contributed by atoms with Crippen LogP contribution < -0.4 is 4.74 Å². The molecule has 0 bridgehead atoms. The number of piperazine rings is 1. The topological polar surface area (TPSA) is 85.1 Å². The maximum atomic E-state index is 13.2. The zero-order chi connectivity index (χ0) is 25.0. The van der Waals surface area contributed by atoms with Crippen molar-refractivity contribution in [3.63, 3.8) is 0 Å². The third kappa shape index (κ3) is 6.05. The van der Waals surface area contributed by atoms with Crippen LogP contribution in [0.4, 0.5) is 0 Å². The lowest BCUT2D eigenvalue weighted by Crippen LogP contribution is -2.49. The molecule has 4 rings (SSSR count). The summed E-state index contributed by atoms with van der Waals surface area (Å²) in [5, 5.41) is 4.47. The first-order chi connectivity index (χ1) is 16.8. The maximum Gasteiger partial charge on any atom is 0.248 e. The summed E-state index contributed by atoms with van der Waals surface area (Å²) in [6.07, 6.45) is -0.227. The van der Waals surface area contributed by atoms with Crippen LogP contribution in [0, 0.1) is 13.8 Å². The van der Waals surface area contributed by atoms with E-state index in [0.29, 0.717) is 55.8 Å². The van der Waals surface area contributed by atoms with E-state index in [9.17, 15) is 8.42 Å². The highest BCUT2D eigenvalue weighted by molar-refractivity contribution is 7.89. The summed E-state index contributed by atoms with van der Waals surface area (Å²) in [6.45, 7) is 6.23. The van der Waals surface area contributed by atoms with Gasteiger partial charge < -0.3 is 14.0 Å². The Morgan fingerprint density at radius 2 is 1.83 bits per heavy atom. The number of ether oxygens (including phenoxy) is 2. The molecule has 2 heterocycles. The number of aromatic nitrogens is 1. The van der Waals surface area contributed by atoms with E-state index in [1.54, 1.807) is 21.0 Å². The molecule has 0 radical (unpaired) electrons. The molecule has 1 aliphatic rings. The van der Waals surface area contributed by atoms with Crippen LogP contribution in [0.25, 0.3) is 0 Å². The van der Waals surface area contributed by atoms with Crippen LogP contribution in [0.1, 0.15) is 28.7 Å². The zero-order valence-corrected chi connectivity index (χ0v) is 21.7. The first-order valence-electron chi connectivity index (χ1n) is 11.4. The number of methoxy groups -OCH3 is 1. The van der Waals surface area contributed by atoms with Crippen LogP contribution in [0.15, 0.2) is 57.9 Å². The van der Waals surface area contributed by atoms with Gasteiger partial charge in [-0.15, -0.1) is 0 Å². The van der Waals surface area contributed by atoms with Gasteiger partial charge in [-0.1, -0.05) is 41.0 Å². The van der Waals surface area contributed by atoms with Crippen molar-refractivity contribution in [1.82, 2.24) is 14.4 Å². The van der Waals surface area contributed by atoms with Crippen molar-refractivity contribution >= 4 is 21.6 Å². The van der Waals surface area contributed by atoms with Crippen molar-refractivity contribution in [2.24, 2.45) is 0 Å². The second-order valence-corrected chi connectivity index (χ2v) is 10.9. The summed E-state index contributed by atoms with van der Waals surface area (Å²) in [7, 11) is -2.01. The summed E-state index contributed by atoms with van der Waals surface area (Å²) < 4.78 is 44.7. The minimum atomic E-state index is -3.65. The van der Waals surface area contributed by atoms with Gasteiger partial charge in [0.25, 0.3) is 0 Å². The third-order valence-electron chi connectivity index (χ3n) is 6.13. The van der Waals surface area contributed by atoms with E-state index in [-0.39, 0.29) is 11.0 Å². The number of hydrogen-bond acceptors (Lipinski definition) is 7. The van der Waals surface area contributed by atoms with Gasteiger partial charge in [-0.3, -0.25) is 4.90 Å². The van der Waals surface area contributed by atoms with E-state index >= 15 is 0 Å². The second-order valence-electron chi connectivity index (χ2n) is 8.56. The molecular weight excluding hydrogens is 490 g/mol. The van der Waals surface area contributed by atoms with Crippen molar-refractivity contribution < 1.29 is 22.4 Å². The molecule has 8 nitrogen and oxygen atoms in total. The largest absolute Gasteiger partial charge is 0.497 e. The smallest absolute Gasteiger partial charge is 0.248 e. The monoisotopic (exact) mass is 519 g/mol. The number of aryl methyl sites for hydroxylation is 2. The highest BCUT2D eigenvalue weighted by Crippen LogP contribution is 2.27. The van der Waals surface area contributed by atoms with Gasteiger partial charge in [-0.2, -0.15) is 4.31 Å². The Bertz CT molecular complexity index is 1240. The second kappa shape index (κ2) is 11.1. The predicted octanol–water partition coefficient (Wildman–Crippen LogP) is 4.22. The third-order valence-corrected chi connectivity index (χ3v) is 8.51. The molecule has 3 aromatic rings. The first kappa shape index (κ1) is 25.7. The van der Waals surface area contributed by atoms with Crippen molar-refractivity contribution in [3.05, 3.63) is 76.1 Å². The van der Waals surface area contributed by atoms with Crippen LogP contribution >= 0.6 is 11.6 Å². The first-order valence-corrected chi connectivity index (χ1v) is 13.2. The van der Waals surface area contributed by atoms with Crippen LogP contribution in [-0.2, 0) is 21.4 Å². The van der Waals surface area contributed by atoms with Gasteiger partial charge in [0.1, 0.15) is 16.3 Å². The molecule has 0 spiro atoms. The molecule has 1 aliphatic heterocycles. The molecule has 0 amide bonds. The van der Waals surface area contributed by atoms with E-state index in [2.05, 4.69) is 10.1 Å². The maximum absolute atomic E-state index is 13.2. The number of benzene rings is 2.